The van der Waals surface area contributed by atoms with Gasteiger partial charge in [0.05, 0.1) is 19.6 Å². The van der Waals surface area contributed by atoms with Gasteiger partial charge in [-0.1, -0.05) is 6.92 Å². The highest BCUT2D eigenvalue weighted by atomic mass is 28.4. The van der Waals surface area contributed by atoms with Crippen molar-refractivity contribution in [3.8, 4) is 0 Å². The maximum atomic E-state index is 11.9. The van der Waals surface area contributed by atoms with Gasteiger partial charge in [0, 0.05) is 13.1 Å². The summed E-state index contributed by atoms with van der Waals surface area (Å²) in [6.07, 6.45) is -6.82. The van der Waals surface area contributed by atoms with Crippen LogP contribution in [0, 0.1) is 0 Å². The number of esters is 2. The Bertz CT molecular complexity index is 519. The zero-order chi connectivity index (χ0) is 20.4. The molecule has 0 saturated carbocycles. The monoisotopic (exact) mass is 402 g/mol. The van der Waals surface area contributed by atoms with Crippen LogP contribution >= 0.6 is 0 Å². The Hall–Kier alpha value is -2.11. The van der Waals surface area contributed by atoms with Crippen molar-refractivity contribution in [1.82, 2.24) is 0 Å². The Kier molecular flexibility index (Phi) is 9.91. The molecule has 0 N–H and O–H groups in total. The number of hydrogen-bond acceptors (Lipinski definition) is 8. The van der Waals surface area contributed by atoms with Crippen molar-refractivity contribution in [2.75, 3.05) is 13.2 Å². The maximum Gasteiger partial charge on any atom is 0.457 e. The molecule has 0 saturated heterocycles. The van der Waals surface area contributed by atoms with Crippen LogP contribution in [0.5, 0.6) is 0 Å². The summed E-state index contributed by atoms with van der Waals surface area (Å²) in [5.41, 5.74) is 0. The lowest BCUT2D eigenvalue weighted by atomic mass is 10.4. The highest BCUT2D eigenvalue weighted by Gasteiger charge is 2.35. The molecule has 0 heterocycles. The Balaban J connectivity index is 4.26. The third-order valence-corrected chi connectivity index (χ3v) is 3.85. The van der Waals surface area contributed by atoms with Gasteiger partial charge < -0.3 is 18.3 Å². The van der Waals surface area contributed by atoms with E-state index in [1.165, 1.54) is 13.1 Å². The van der Waals surface area contributed by atoms with E-state index in [0.29, 0.717) is 6.42 Å². The van der Waals surface area contributed by atoms with Gasteiger partial charge in [0.1, 0.15) is 12.8 Å². The summed E-state index contributed by atoms with van der Waals surface area (Å²) in [5.74, 6) is -4.05. The molecule has 0 aromatic carbocycles. The van der Waals surface area contributed by atoms with Gasteiger partial charge in [0.2, 0.25) is 0 Å². The molecule has 0 atom stereocenters. The van der Waals surface area contributed by atoms with E-state index in [-0.39, 0.29) is 6.61 Å². The lowest BCUT2D eigenvalue weighted by molar-refractivity contribution is -0.161. The Morgan fingerprint density at radius 1 is 0.808 bits per heavy atom. The smallest absolute Gasteiger partial charge is 0.457 e. The molecule has 0 aromatic rings. The van der Waals surface area contributed by atoms with Crippen molar-refractivity contribution in [3.05, 3.63) is 0 Å². The third-order valence-electron chi connectivity index (χ3n) is 2.41. The predicted molar refractivity (Wildman–Crippen MR) is 81.8 cm³/mol. The van der Waals surface area contributed by atoms with Gasteiger partial charge in [-0.25, -0.2) is 0 Å². The number of ether oxygens (including phenoxy) is 2. The van der Waals surface area contributed by atoms with Gasteiger partial charge >= 0.3 is 38.6 Å². The minimum absolute atomic E-state index is 0.151. The summed E-state index contributed by atoms with van der Waals surface area (Å²) in [6.45, 7) is 3.64. The zero-order valence-corrected chi connectivity index (χ0v) is 15.6. The second kappa shape index (κ2) is 10.8. The number of hydrogen-bond donors (Lipinski definition) is 0. The second-order valence-electron chi connectivity index (χ2n) is 5.51. The maximum absolute atomic E-state index is 11.9. The summed E-state index contributed by atoms with van der Waals surface area (Å²) in [7, 11) is -3.35. The van der Waals surface area contributed by atoms with Crippen LogP contribution < -0.4 is 0 Å². The van der Waals surface area contributed by atoms with Crippen LogP contribution in [0.1, 0.15) is 32.6 Å². The molecule has 12 heteroatoms. The zero-order valence-electron chi connectivity index (χ0n) is 14.6. The lowest BCUT2D eigenvalue weighted by Gasteiger charge is -2.21. The number of carbonyl (C=O) groups is 4. The molecule has 0 aliphatic heterocycles. The standard InChI is InChI=1S/C14H21F3O8Si/c1-4-6-22-10(18)8-12(20)24-26(2,3)25-13(21)9-11(19)23-7-5-14(15,16)17/h4-9H2,1-3H3. The highest BCUT2D eigenvalue weighted by molar-refractivity contribution is 6.67. The quantitative estimate of drug-likeness (QED) is 0.310. The van der Waals surface area contributed by atoms with Gasteiger partial charge in [-0.2, -0.15) is 13.2 Å². The average Bonchev–Trinajstić information content (AvgIpc) is 2.41. The first kappa shape index (κ1) is 23.9. The Morgan fingerprint density at radius 3 is 1.62 bits per heavy atom. The van der Waals surface area contributed by atoms with Crippen LogP contribution in [0.15, 0.2) is 0 Å². The predicted octanol–water partition coefficient (Wildman–Crippen LogP) is 2.00. The molecule has 0 amide bonds. The molecule has 0 radical (unpaired) electrons. The molecule has 0 aliphatic rings. The van der Waals surface area contributed by atoms with Crippen LogP contribution in [-0.4, -0.2) is 51.8 Å². The van der Waals surface area contributed by atoms with Crippen LogP contribution in [0.3, 0.4) is 0 Å². The first-order chi connectivity index (χ1) is 11.8. The molecule has 0 rings (SSSR count). The molecule has 0 unspecified atom stereocenters. The van der Waals surface area contributed by atoms with E-state index in [4.69, 9.17) is 13.6 Å². The van der Waals surface area contributed by atoms with Crippen molar-refractivity contribution in [1.29, 1.82) is 0 Å². The lowest BCUT2D eigenvalue weighted by Crippen LogP contribution is -2.40. The minimum Gasteiger partial charge on any atom is -0.485 e. The summed E-state index contributed by atoms with van der Waals surface area (Å²) in [5, 5.41) is 0. The highest BCUT2D eigenvalue weighted by Crippen LogP contribution is 2.19. The molecule has 0 spiro atoms. The van der Waals surface area contributed by atoms with E-state index >= 15 is 0 Å². The fraction of sp³-hybridized carbons (Fsp3) is 0.714. The average molecular weight is 402 g/mol. The first-order valence-corrected chi connectivity index (χ1v) is 10.5. The molecule has 0 aromatic heterocycles. The van der Waals surface area contributed by atoms with Gasteiger partial charge in [-0.3, -0.25) is 19.2 Å². The van der Waals surface area contributed by atoms with Gasteiger partial charge in [0.15, 0.2) is 0 Å². The van der Waals surface area contributed by atoms with Crippen molar-refractivity contribution in [2.45, 2.75) is 51.9 Å². The van der Waals surface area contributed by atoms with Gasteiger partial charge in [0.25, 0.3) is 0 Å². The SMILES string of the molecule is CCCOC(=O)CC(=O)O[Si](C)(C)OC(=O)CC(=O)OCCC(F)(F)F. The fourth-order valence-corrected chi connectivity index (χ4v) is 2.76. The summed E-state index contributed by atoms with van der Waals surface area (Å²) >= 11 is 0. The topological polar surface area (TPSA) is 105 Å². The molecule has 150 valence electrons. The van der Waals surface area contributed by atoms with Crippen molar-refractivity contribution >= 4 is 32.4 Å². The van der Waals surface area contributed by atoms with Crippen LogP contribution in [0.4, 0.5) is 13.2 Å². The van der Waals surface area contributed by atoms with E-state index in [0.717, 1.165) is 0 Å². The molecule has 26 heavy (non-hydrogen) atoms. The first-order valence-electron chi connectivity index (χ1n) is 7.66. The molecule has 0 bridgehead atoms. The van der Waals surface area contributed by atoms with E-state index < -0.39 is 64.5 Å². The molecule has 0 aliphatic carbocycles. The van der Waals surface area contributed by atoms with E-state index in [1.54, 1.807) is 6.92 Å². The number of rotatable bonds is 10. The minimum atomic E-state index is -4.48. The summed E-state index contributed by atoms with van der Waals surface area (Å²) < 4.78 is 54.5. The van der Waals surface area contributed by atoms with Crippen molar-refractivity contribution in [2.24, 2.45) is 0 Å². The van der Waals surface area contributed by atoms with Crippen LogP contribution in [-0.2, 0) is 37.5 Å². The Labute approximate surface area is 149 Å². The number of carbonyl (C=O) groups excluding carboxylic acids is 4. The summed E-state index contributed by atoms with van der Waals surface area (Å²) in [6, 6.07) is 0. The molecular weight excluding hydrogens is 381 g/mol. The van der Waals surface area contributed by atoms with Crippen molar-refractivity contribution in [3.63, 3.8) is 0 Å². The summed E-state index contributed by atoms with van der Waals surface area (Å²) in [4.78, 5) is 45.7. The molecule has 0 fully saturated rings. The molecular formula is C14H21F3O8Si. The van der Waals surface area contributed by atoms with E-state index in [2.05, 4.69) is 4.74 Å². The van der Waals surface area contributed by atoms with E-state index in [9.17, 15) is 32.3 Å². The molecule has 8 nitrogen and oxygen atoms in total. The largest absolute Gasteiger partial charge is 0.485 e. The number of alkyl halides is 3. The van der Waals surface area contributed by atoms with Gasteiger partial charge in [-0.15, -0.1) is 0 Å². The van der Waals surface area contributed by atoms with Crippen molar-refractivity contribution < 1.29 is 50.7 Å². The van der Waals surface area contributed by atoms with Gasteiger partial charge in [-0.05, 0) is 6.42 Å². The van der Waals surface area contributed by atoms with Crippen LogP contribution in [0.2, 0.25) is 13.1 Å². The second-order valence-corrected chi connectivity index (χ2v) is 8.72. The normalized spacial score (nSPS) is 11.5. The van der Waals surface area contributed by atoms with Crippen LogP contribution in [0.25, 0.3) is 0 Å². The fourth-order valence-electron chi connectivity index (χ4n) is 1.48. The number of halogens is 3. The van der Waals surface area contributed by atoms with E-state index in [1.807, 2.05) is 0 Å². The Morgan fingerprint density at radius 2 is 1.23 bits per heavy atom. The third kappa shape index (κ3) is 13.2.